The van der Waals surface area contributed by atoms with E-state index >= 15 is 0 Å². The Labute approximate surface area is 261 Å². The second kappa shape index (κ2) is 8.99. The summed E-state index contributed by atoms with van der Waals surface area (Å²) in [7, 11) is -0.397. The van der Waals surface area contributed by atoms with Crippen molar-refractivity contribution >= 4 is 55.9 Å². The molecule has 0 spiro atoms. The van der Waals surface area contributed by atoms with Crippen LogP contribution in [0.3, 0.4) is 0 Å². The molecule has 0 unspecified atom stereocenters. The molecule has 2 heterocycles. The predicted molar refractivity (Wildman–Crippen MR) is 187 cm³/mol. The van der Waals surface area contributed by atoms with Gasteiger partial charge >= 0.3 is 7.12 Å². The van der Waals surface area contributed by atoms with Crippen molar-refractivity contribution < 1.29 is 9.31 Å². The maximum atomic E-state index is 6.48. The van der Waals surface area contributed by atoms with E-state index in [1.807, 2.05) is 0 Å². The molecule has 0 radical (unpaired) electrons. The van der Waals surface area contributed by atoms with Crippen molar-refractivity contribution in [1.82, 2.24) is 4.57 Å². The molecular weight excluding hydrogens is 537 g/mol. The molecule has 3 nitrogen and oxygen atoms in total. The van der Waals surface area contributed by atoms with Crippen LogP contribution in [0, 0.1) is 0 Å². The van der Waals surface area contributed by atoms with Crippen molar-refractivity contribution in [3.8, 4) is 5.69 Å². The van der Waals surface area contributed by atoms with E-state index in [0.717, 1.165) is 5.46 Å². The lowest BCUT2D eigenvalue weighted by molar-refractivity contribution is 0.00578. The first kappa shape index (κ1) is 27.9. The Morgan fingerprint density at radius 3 is 1.80 bits per heavy atom. The van der Waals surface area contributed by atoms with Crippen LogP contribution >= 0.6 is 0 Å². The number of rotatable bonds is 2. The largest absolute Gasteiger partial charge is 0.495 e. The Kier molecular flexibility index (Phi) is 5.70. The molecule has 0 amide bonds. The van der Waals surface area contributed by atoms with Gasteiger partial charge in [0, 0.05) is 16.5 Å². The highest BCUT2D eigenvalue weighted by molar-refractivity contribution is 6.65. The van der Waals surface area contributed by atoms with Gasteiger partial charge in [-0.15, -0.1) is 0 Å². The molecule has 1 fully saturated rings. The predicted octanol–water partition coefficient (Wildman–Crippen LogP) is 9.74. The lowest BCUT2D eigenvalue weighted by atomic mass is 9.63. The molecule has 6 aromatic rings. The van der Waals surface area contributed by atoms with Crippen molar-refractivity contribution in [2.45, 2.75) is 90.3 Å². The van der Waals surface area contributed by atoms with Crippen LogP contribution in [0.2, 0.25) is 0 Å². The number of hydrogen-bond donors (Lipinski definition) is 0. The summed E-state index contributed by atoms with van der Waals surface area (Å²) in [6, 6.07) is 31.9. The van der Waals surface area contributed by atoms with Crippen molar-refractivity contribution in [2.75, 3.05) is 0 Å². The molecule has 0 bridgehead atoms. The van der Waals surface area contributed by atoms with E-state index in [4.69, 9.17) is 9.31 Å². The number of hydrogen-bond acceptors (Lipinski definition) is 2. The average molecular weight is 580 g/mol. The van der Waals surface area contributed by atoms with Gasteiger partial charge in [-0.3, -0.25) is 0 Å². The standard InChI is InChI=1S/C40H42BNO2/c1-37(2)18-19-38(3,4)33-24-36-31(23-32(33)37)30-21-25-12-9-10-13-26(25)22-35(30)42(36)28-16-17-29-27(20-28)14-11-15-34(29)41-43-39(5,6)40(7,8)44-41/h9-17,20-24H,18-19H2,1-8H3. The first-order chi connectivity index (χ1) is 20.8. The van der Waals surface area contributed by atoms with Gasteiger partial charge in [-0.2, -0.15) is 0 Å². The van der Waals surface area contributed by atoms with Gasteiger partial charge in [0.05, 0.1) is 22.2 Å². The fraction of sp³-hybridized carbons (Fsp3) is 0.350. The van der Waals surface area contributed by atoms with E-state index in [2.05, 4.69) is 145 Å². The van der Waals surface area contributed by atoms with Gasteiger partial charge in [0.15, 0.2) is 0 Å². The zero-order valence-corrected chi connectivity index (χ0v) is 27.3. The summed E-state index contributed by atoms with van der Waals surface area (Å²) in [5, 5.41) is 7.54. The first-order valence-electron chi connectivity index (χ1n) is 16.2. The van der Waals surface area contributed by atoms with Crippen molar-refractivity contribution in [3.63, 3.8) is 0 Å². The summed E-state index contributed by atoms with van der Waals surface area (Å²) >= 11 is 0. The van der Waals surface area contributed by atoms with Gasteiger partial charge in [-0.1, -0.05) is 76.2 Å². The van der Waals surface area contributed by atoms with E-state index < -0.39 is 7.12 Å². The maximum Gasteiger partial charge on any atom is 0.495 e. The minimum absolute atomic E-state index is 0.131. The second-order valence-electron chi connectivity index (χ2n) is 15.6. The maximum absolute atomic E-state index is 6.48. The van der Waals surface area contributed by atoms with E-state index in [9.17, 15) is 0 Å². The molecule has 0 atom stereocenters. The van der Waals surface area contributed by atoms with Gasteiger partial charge in [-0.25, -0.2) is 0 Å². The smallest absolute Gasteiger partial charge is 0.399 e. The van der Waals surface area contributed by atoms with Gasteiger partial charge < -0.3 is 13.9 Å². The minimum atomic E-state index is -0.397. The molecular formula is C40H42BNO2. The number of nitrogens with zero attached hydrogens (tertiary/aromatic N) is 1. The molecule has 5 aromatic carbocycles. The van der Waals surface area contributed by atoms with Crippen LogP contribution in [0.25, 0.3) is 49.0 Å². The summed E-state index contributed by atoms with van der Waals surface area (Å²) in [6.07, 6.45) is 2.40. The van der Waals surface area contributed by atoms with Crippen LogP contribution in [-0.2, 0) is 20.1 Å². The quantitative estimate of drug-likeness (QED) is 0.191. The Morgan fingerprint density at radius 2 is 1.11 bits per heavy atom. The summed E-state index contributed by atoms with van der Waals surface area (Å²) < 4.78 is 15.5. The van der Waals surface area contributed by atoms with E-state index in [0.29, 0.717) is 0 Å². The second-order valence-corrected chi connectivity index (χ2v) is 15.6. The van der Waals surface area contributed by atoms with Crippen molar-refractivity contribution in [2.24, 2.45) is 0 Å². The molecule has 0 saturated carbocycles. The summed E-state index contributed by atoms with van der Waals surface area (Å²) in [6.45, 7) is 18.1. The summed E-state index contributed by atoms with van der Waals surface area (Å²) in [5.74, 6) is 0. The lowest BCUT2D eigenvalue weighted by Crippen LogP contribution is -2.41. The topological polar surface area (TPSA) is 23.4 Å². The van der Waals surface area contributed by atoms with Crippen LogP contribution in [0.15, 0.2) is 84.9 Å². The van der Waals surface area contributed by atoms with Gasteiger partial charge in [0.1, 0.15) is 0 Å². The Hall–Kier alpha value is -3.60. The molecule has 2 aliphatic rings. The molecule has 1 aliphatic carbocycles. The first-order valence-corrected chi connectivity index (χ1v) is 16.2. The number of aromatic nitrogens is 1. The van der Waals surface area contributed by atoms with Gasteiger partial charge in [0.25, 0.3) is 0 Å². The third-order valence-electron chi connectivity index (χ3n) is 11.3. The van der Waals surface area contributed by atoms with E-state index in [-0.39, 0.29) is 22.0 Å². The molecule has 1 saturated heterocycles. The highest BCUT2D eigenvalue weighted by atomic mass is 16.7. The normalized spacial score (nSPS) is 20.1. The molecule has 1 aromatic heterocycles. The Bertz CT molecular complexity index is 2130. The van der Waals surface area contributed by atoms with E-state index in [1.54, 1.807) is 0 Å². The van der Waals surface area contributed by atoms with Crippen LogP contribution in [0.1, 0.15) is 79.4 Å². The van der Waals surface area contributed by atoms with Crippen LogP contribution < -0.4 is 5.46 Å². The summed E-state index contributed by atoms with van der Waals surface area (Å²) in [4.78, 5) is 0. The average Bonchev–Trinajstić information content (AvgIpc) is 3.40. The fourth-order valence-electron chi connectivity index (χ4n) is 7.65. The molecule has 1 aliphatic heterocycles. The molecule has 0 N–H and O–H groups in total. The van der Waals surface area contributed by atoms with Gasteiger partial charge in [-0.05, 0) is 126 Å². The number of fused-ring (bicyclic) bond motifs is 6. The SMILES string of the molecule is CC1(C)CCC(C)(C)c2cc3c(cc21)c1cc2ccccc2cc1n3-c1ccc2c(B3OC(C)(C)C(C)(C)O3)cccc2c1. The van der Waals surface area contributed by atoms with Crippen LogP contribution in [0.4, 0.5) is 0 Å². The highest BCUT2D eigenvalue weighted by Gasteiger charge is 2.52. The third-order valence-corrected chi connectivity index (χ3v) is 11.3. The lowest BCUT2D eigenvalue weighted by Gasteiger charge is -2.42. The molecule has 44 heavy (non-hydrogen) atoms. The van der Waals surface area contributed by atoms with Gasteiger partial charge in [0.2, 0.25) is 0 Å². The Morgan fingerprint density at radius 1 is 0.545 bits per heavy atom. The van der Waals surface area contributed by atoms with Crippen molar-refractivity contribution in [3.05, 3.63) is 96.1 Å². The monoisotopic (exact) mass is 579 g/mol. The minimum Gasteiger partial charge on any atom is -0.399 e. The van der Waals surface area contributed by atoms with Crippen molar-refractivity contribution in [1.29, 1.82) is 0 Å². The highest BCUT2D eigenvalue weighted by Crippen LogP contribution is 2.49. The molecule has 8 rings (SSSR count). The number of benzene rings is 5. The summed E-state index contributed by atoms with van der Waals surface area (Å²) in [5.41, 5.74) is 7.28. The zero-order chi connectivity index (χ0) is 30.8. The van der Waals surface area contributed by atoms with Crippen LogP contribution in [-0.4, -0.2) is 22.9 Å². The van der Waals surface area contributed by atoms with E-state index in [1.165, 1.54) is 73.0 Å². The molecule has 4 heteroatoms. The molecule has 222 valence electrons. The third kappa shape index (κ3) is 3.97. The Balaban J connectivity index is 1.39. The fourth-order valence-corrected chi connectivity index (χ4v) is 7.65. The zero-order valence-electron chi connectivity index (χ0n) is 27.3. The van der Waals surface area contributed by atoms with Crippen LogP contribution in [0.5, 0.6) is 0 Å².